The second-order valence-corrected chi connectivity index (χ2v) is 9.97. The van der Waals surface area contributed by atoms with Crippen molar-refractivity contribution in [3.8, 4) is 39.5 Å². The topological polar surface area (TPSA) is 115 Å². The van der Waals surface area contributed by atoms with Crippen LogP contribution in [0.1, 0.15) is 28.3 Å². The molecule has 0 unspecified atom stereocenters. The van der Waals surface area contributed by atoms with Crippen molar-refractivity contribution in [1.29, 1.82) is 0 Å². The summed E-state index contributed by atoms with van der Waals surface area (Å²) >= 11 is 0. The number of nitrogens with one attached hydrogen (secondary N) is 1. The smallest absolute Gasteiger partial charge is 0.333 e. The molecule has 4 aromatic heterocycles. The first kappa shape index (κ1) is 31.9. The lowest BCUT2D eigenvalue weighted by atomic mass is 10.0. The fourth-order valence-corrected chi connectivity index (χ4v) is 4.80. The van der Waals surface area contributed by atoms with Gasteiger partial charge in [0.25, 0.3) is 5.91 Å². The number of aromatic hydroxyl groups is 1. The number of hydrogen-bond acceptors (Lipinski definition) is 7. The third-order valence-corrected chi connectivity index (χ3v) is 7.01. The van der Waals surface area contributed by atoms with Crippen LogP contribution >= 0.6 is 12.4 Å². The summed E-state index contributed by atoms with van der Waals surface area (Å²) in [5.74, 6) is -2.33. The van der Waals surface area contributed by atoms with Crippen LogP contribution in [0.2, 0.25) is 0 Å². The van der Waals surface area contributed by atoms with Crippen LogP contribution in [0.4, 0.5) is 23.2 Å². The van der Waals surface area contributed by atoms with Gasteiger partial charge >= 0.3 is 6.55 Å². The molecule has 4 heterocycles. The van der Waals surface area contributed by atoms with Crippen LogP contribution in [0.15, 0.2) is 79.4 Å². The minimum absolute atomic E-state index is 0. The quantitative estimate of drug-likeness (QED) is 0.168. The van der Waals surface area contributed by atoms with Gasteiger partial charge in [0, 0.05) is 64.5 Å². The number of amides is 1. The van der Waals surface area contributed by atoms with E-state index >= 15 is 4.39 Å². The van der Waals surface area contributed by atoms with Gasteiger partial charge in [-0.2, -0.15) is 13.9 Å². The molecule has 46 heavy (non-hydrogen) atoms. The average molecular weight is 651 g/mol. The van der Waals surface area contributed by atoms with Crippen molar-refractivity contribution >= 4 is 35.0 Å². The van der Waals surface area contributed by atoms with Gasteiger partial charge in [0.2, 0.25) is 0 Å². The molecule has 0 atom stereocenters. The summed E-state index contributed by atoms with van der Waals surface area (Å²) < 4.78 is 61.0. The maximum Gasteiger partial charge on any atom is 0.333 e. The molecular formula is C32H23ClF4N6O3. The van der Waals surface area contributed by atoms with Gasteiger partial charge in [-0.05, 0) is 49.7 Å². The Bertz CT molecular complexity index is 2090. The Morgan fingerprint density at radius 3 is 2.39 bits per heavy atom. The number of fused-ring (bicyclic) bond motifs is 1. The zero-order chi connectivity index (χ0) is 31.8. The Labute approximate surface area is 265 Å². The predicted octanol–water partition coefficient (Wildman–Crippen LogP) is 8.02. The highest BCUT2D eigenvalue weighted by molar-refractivity contribution is 6.07. The number of ether oxygens (including phenoxy) is 1. The maximum atomic E-state index is 15.2. The highest BCUT2D eigenvalue weighted by Crippen LogP contribution is 2.36. The summed E-state index contributed by atoms with van der Waals surface area (Å²) in [5, 5.41) is 17.1. The molecule has 0 bridgehead atoms. The summed E-state index contributed by atoms with van der Waals surface area (Å²) in [6.45, 7) is 0.543. The molecule has 9 nitrogen and oxygen atoms in total. The number of pyridine rings is 3. The molecule has 2 aromatic carbocycles. The SMILES string of the molecule is Cc1nc2c(Oc3ccc(NC(=O)c4cnc(C)c(-c5ccc(F)cc5)c4O)cc3F)ccnc2cc1-c1cnn(C(F)F)c1.Cl. The zero-order valence-electron chi connectivity index (χ0n) is 24.0. The Morgan fingerprint density at radius 2 is 1.70 bits per heavy atom. The van der Waals surface area contributed by atoms with Gasteiger partial charge in [-0.1, -0.05) is 12.1 Å². The second kappa shape index (κ2) is 12.8. The molecule has 14 heteroatoms. The molecule has 1 amide bonds. The molecule has 0 aliphatic carbocycles. The van der Waals surface area contributed by atoms with Gasteiger partial charge < -0.3 is 15.2 Å². The third kappa shape index (κ3) is 6.17. The molecule has 6 aromatic rings. The van der Waals surface area contributed by atoms with E-state index in [1.807, 2.05) is 0 Å². The van der Waals surface area contributed by atoms with Crippen molar-refractivity contribution in [2.45, 2.75) is 20.4 Å². The molecule has 0 fully saturated rings. The largest absolute Gasteiger partial charge is 0.506 e. The highest BCUT2D eigenvalue weighted by Gasteiger charge is 2.20. The molecule has 0 aliphatic heterocycles. The molecule has 0 spiro atoms. The lowest BCUT2D eigenvalue weighted by Crippen LogP contribution is -2.13. The summed E-state index contributed by atoms with van der Waals surface area (Å²) in [6, 6.07) is 12.3. The number of anilines is 1. The molecular weight excluding hydrogens is 628 g/mol. The van der Waals surface area contributed by atoms with Crippen LogP contribution in [0.3, 0.4) is 0 Å². The van der Waals surface area contributed by atoms with Gasteiger partial charge in [-0.15, -0.1) is 12.4 Å². The van der Waals surface area contributed by atoms with Crippen LogP contribution < -0.4 is 10.1 Å². The fraction of sp³-hybridized carbons (Fsp3) is 0.0938. The number of hydrogen-bond donors (Lipinski definition) is 2. The van der Waals surface area contributed by atoms with E-state index in [4.69, 9.17) is 4.74 Å². The monoisotopic (exact) mass is 650 g/mol. The van der Waals surface area contributed by atoms with Gasteiger partial charge in [-0.25, -0.2) is 18.4 Å². The first-order valence-electron chi connectivity index (χ1n) is 13.4. The molecule has 6 rings (SSSR count). The Morgan fingerprint density at radius 1 is 0.935 bits per heavy atom. The number of aromatic nitrogens is 5. The van der Waals surface area contributed by atoms with Crippen molar-refractivity contribution < 1.29 is 32.2 Å². The predicted molar refractivity (Wildman–Crippen MR) is 164 cm³/mol. The van der Waals surface area contributed by atoms with Crippen LogP contribution in [-0.4, -0.2) is 35.7 Å². The molecule has 0 aliphatic rings. The number of rotatable bonds is 7. The van der Waals surface area contributed by atoms with E-state index in [1.54, 1.807) is 19.9 Å². The highest BCUT2D eigenvalue weighted by atomic mass is 35.5. The van der Waals surface area contributed by atoms with Crippen LogP contribution in [0.5, 0.6) is 17.2 Å². The van der Waals surface area contributed by atoms with Gasteiger partial charge in [0.05, 0.1) is 11.7 Å². The minimum Gasteiger partial charge on any atom is -0.506 e. The van der Waals surface area contributed by atoms with Crippen molar-refractivity contribution in [3.05, 3.63) is 108 Å². The van der Waals surface area contributed by atoms with E-state index in [-0.39, 0.29) is 46.5 Å². The van der Waals surface area contributed by atoms with Crippen LogP contribution in [0, 0.1) is 25.5 Å². The number of carbonyl (C=O) groups is 1. The van der Waals surface area contributed by atoms with E-state index in [9.17, 15) is 23.1 Å². The summed E-state index contributed by atoms with van der Waals surface area (Å²) in [5.41, 5.74) is 3.24. The number of halogens is 5. The first-order chi connectivity index (χ1) is 21.6. The van der Waals surface area contributed by atoms with Gasteiger partial charge in [-0.3, -0.25) is 14.8 Å². The van der Waals surface area contributed by atoms with E-state index in [0.29, 0.717) is 43.8 Å². The van der Waals surface area contributed by atoms with E-state index in [0.717, 1.165) is 6.07 Å². The van der Waals surface area contributed by atoms with Crippen molar-refractivity contribution in [3.63, 3.8) is 0 Å². The van der Waals surface area contributed by atoms with E-state index in [1.165, 1.54) is 67.3 Å². The number of alkyl halides is 2. The van der Waals surface area contributed by atoms with Gasteiger partial charge in [0.1, 0.15) is 22.6 Å². The normalized spacial score (nSPS) is 11.0. The van der Waals surface area contributed by atoms with Crippen molar-refractivity contribution in [2.75, 3.05) is 5.32 Å². The zero-order valence-corrected chi connectivity index (χ0v) is 24.8. The molecule has 0 radical (unpaired) electrons. The average Bonchev–Trinajstić information content (AvgIpc) is 3.50. The van der Waals surface area contributed by atoms with Crippen LogP contribution in [0.25, 0.3) is 33.3 Å². The maximum absolute atomic E-state index is 15.2. The number of benzene rings is 2. The lowest BCUT2D eigenvalue weighted by Gasteiger charge is -2.14. The van der Waals surface area contributed by atoms with Gasteiger partial charge in [0.15, 0.2) is 17.3 Å². The molecule has 0 saturated carbocycles. The minimum atomic E-state index is -2.78. The van der Waals surface area contributed by atoms with Crippen molar-refractivity contribution in [2.24, 2.45) is 0 Å². The molecule has 0 saturated heterocycles. The Kier molecular flexibility index (Phi) is 8.87. The summed E-state index contributed by atoms with van der Waals surface area (Å²) in [7, 11) is 0. The Balaban J connectivity index is 0.00000417. The van der Waals surface area contributed by atoms with E-state index in [2.05, 4.69) is 25.4 Å². The standard InChI is InChI=1S/C32H22F4N6O3.ClH/c1-16-22(19-13-39-42(15-19)32(35)36)12-25-29(40-16)27(9-10-37-25)45-26-8-7-21(11-24(26)34)41-31(44)23-14-38-17(2)28(30(23)43)18-3-5-20(33)6-4-18;/h3-15,32H,1-2H3,(H,38,43)(H,41,44);1H. The van der Waals surface area contributed by atoms with E-state index < -0.39 is 24.1 Å². The second-order valence-electron chi connectivity index (χ2n) is 9.97. The third-order valence-electron chi connectivity index (χ3n) is 7.01. The lowest BCUT2D eigenvalue weighted by molar-refractivity contribution is 0.0566. The summed E-state index contributed by atoms with van der Waals surface area (Å²) in [4.78, 5) is 26.0. The molecule has 234 valence electrons. The van der Waals surface area contributed by atoms with Crippen molar-refractivity contribution in [1.82, 2.24) is 24.7 Å². The Hall–Kier alpha value is -5.56. The number of nitrogens with zero attached hydrogens (tertiary/aromatic N) is 5. The number of carbonyl (C=O) groups excluding carboxylic acids is 1. The molecule has 2 N–H and O–H groups in total. The fourth-order valence-electron chi connectivity index (χ4n) is 4.80. The summed E-state index contributed by atoms with van der Waals surface area (Å²) in [6.07, 6.45) is 5.15. The first-order valence-corrected chi connectivity index (χ1v) is 13.4. The number of aryl methyl sites for hydroxylation is 2. The van der Waals surface area contributed by atoms with Crippen LogP contribution in [-0.2, 0) is 0 Å².